The van der Waals surface area contributed by atoms with Gasteiger partial charge < -0.3 is 10.0 Å². The van der Waals surface area contributed by atoms with E-state index in [4.69, 9.17) is 16.7 Å². The molecule has 1 atom stereocenters. The Morgan fingerprint density at radius 2 is 2.37 bits per heavy atom. The minimum Gasteiger partial charge on any atom is -0.481 e. The number of anilines is 1. The van der Waals surface area contributed by atoms with Gasteiger partial charge >= 0.3 is 5.97 Å². The van der Waals surface area contributed by atoms with Crippen molar-refractivity contribution in [2.45, 2.75) is 12.8 Å². The largest absolute Gasteiger partial charge is 0.481 e. The number of aromatic nitrogens is 1. The molecule has 2 heterocycles. The smallest absolute Gasteiger partial charge is 0.308 e. The Morgan fingerprint density at radius 1 is 1.63 bits per heavy atom. The van der Waals surface area contributed by atoms with Crippen LogP contribution in [0.15, 0.2) is 12.3 Å². The molecular weight excluding hydrogens is 274 g/mol. The number of nitrogens with zero attached hydrogens (tertiary/aromatic N) is 3. The molecule has 102 valence electrons. The topological polar surface area (TPSA) is 96.6 Å². The van der Waals surface area contributed by atoms with Crippen LogP contribution < -0.4 is 4.90 Å². The van der Waals surface area contributed by atoms with Gasteiger partial charge in [0.2, 0.25) is 0 Å². The Morgan fingerprint density at radius 3 is 2.95 bits per heavy atom. The van der Waals surface area contributed by atoms with Crippen LogP contribution >= 0.6 is 11.6 Å². The Kier molecular flexibility index (Phi) is 3.84. The summed E-state index contributed by atoms with van der Waals surface area (Å²) in [6.07, 6.45) is 2.48. The maximum Gasteiger partial charge on any atom is 0.308 e. The van der Waals surface area contributed by atoms with Gasteiger partial charge in [0, 0.05) is 19.2 Å². The van der Waals surface area contributed by atoms with E-state index in [0.717, 1.165) is 12.6 Å². The van der Waals surface area contributed by atoms with E-state index < -0.39 is 16.8 Å². The number of rotatable bonds is 3. The van der Waals surface area contributed by atoms with Crippen molar-refractivity contribution in [3.63, 3.8) is 0 Å². The van der Waals surface area contributed by atoms with Gasteiger partial charge in [0.1, 0.15) is 12.0 Å². The Bertz CT molecular complexity index is 523. The summed E-state index contributed by atoms with van der Waals surface area (Å²) in [6.45, 7) is 0.966. The van der Waals surface area contributed by atoms with Gasteiger partial charge in [0.25, 0.3) is 5.69 Å². The molecule has 8 heteroatoms. The van der Waals surface area contributed by atoms with E-state index in [1.165, 1.54) is 6.07 Å². The van der Waals surface area contributed by atoms with E-state index in [-0.39, 0.29) is 10.7 Å². The zero-order chi connectivity index (χ0) is 14.0. The van der Waals surface area contributed by atoms with Crippen molar-refractivity contribution in [2.24, 2.45) is 5.92 Å². The third-order valence-corrected chi connectivity index (χ3v) is 3.37. The quantitative estimate of drug-likeness (QED) is 0.673. The Labute approximate surface area is 114 Å². The predicted octanol–water partition coefficient (Wildman–Crippen LogP) is 1.94. The SMILES string of the molecule is O=C(O)C1CCCN(c2ncc([N+](=O)[O-])cc2Cl)C1. The van der Waals surface area contributed by atoms with Crippen molar-refractivity contribution in [3.8, 4) is 0 Å². The maximum absolute atomic E-state index is 11.0. The van der Waals surface area contributed by atoms with Crippen molar-refractivity contribution in [1.82, 2.24) is 4.98 Å². The second-order valence-corrected chi connectivity index (χ2v) is 4.79. The van der Waals surface area contributed by atoms with E-state index in [1.54, 1.807) is 4.90 Å². The summed E-state index contributed by atoms with van der Waals surface area (Å²) in [5, 5.41) is 19.8. The Balaban J connectivity index is 2.22. The number of halogens is 1. The lowest BCUT2D eigenvalue weighted by Gasteiger charge is -2.31. The van der Waals surface area contributed by atoms with E-state index in [2.05, 4.69) is 4.98 Å². The summed E-state index contributed by atoms with van der Waals surface area (Å²) in [4.78, 5) is 26.8. The molecule has 0 spiro atoms. The fraction of sp³-hybridized carbons (Fsp3) is 0.455. The highest BCUT2D eigenvalue weighted by Crippen LogP contribution is 2.30. The third kappa shape index (κ3) is 2.93. The van der Waals surface area contributed by atoms with Crippen molar-refractivity contribution >= 4 is 29.1 Å². The second kappa shape index (κ2) is 5.40. The highest BCUT2D eigenvalue weighted by atomic mass is 35.5. The third-order valence-electron chi connectivity index (χ3n) is 3.09. The first kappa shape index (κ1) is 13.5. The number of hydrogen-bond donors (Lipinski definition) is 1. The highest BCUT2D eigenvalue weighted by Gasteiger charge is 2.27. The number of nitro groups is 1. The number of hydrogen-bond acceptors (Lipinski definition) is 5. The molecule has 1 unspecified atom stereocenters. The molecule has 1 aromatic heterocycles. The highest BCUT2D eigenvalue weighted by molar-refractivity contribution is 6.33. The van der Waals surface area contributed by atoms with E-state index >= 15 is 0 Å². The summed E-state index contributed by atoms with van der Waals surface area (Å²) >= 11 is 5.98. The van der Waals surface area contributed by atoms with Gasteiger partial charge in [0.15, 0.2) is 0 Å². The van der Waals surface area contributed by atoms with Crippen molar-refractivity contribution in [1.29, 1.82) is 0 Å². The predicted molar refractivity (Wildman–Crippen MR) is 68.5 cm³/mol. The molecule has 7 nitrogen and oxygen atoms in total. The van der Waals surface area contributed by atoms with Crippen LogP contribution in [0.2, 0.25) is 5.02 Å². The lowest BCUT2D eigenvalue weighted by Crippen LogP contribution is -2.39. The van der Waals surface area contributed by atoms with Crippen LogP contribution in [-0.4, -0.2) is 34.1 Å². The number of pyridine rings is 1. The molecule has 0 bridgehead atoms. The van der Waals surface area contributed by atoms with Crippen LogP contribution in [0.3, 0.4) is 0 Å². The summed E-state index contributed by atoms with van der Waals surface area (Å²) in [5.74, 6) is -0.900. The lowest BCUT2D eigenvalue weighted by atomic mass is 9.98. The average Bonchev–Trinajstić information content (AvgIpc) is 2.38. The van der Waals surface area contributed by atoms with Gasteiger partial charge in [-0.25, -0.2) is 4.98 Å². The number of piperidine rings is 1. The van der Waals surface area contributed by atoms with E-state index in [9.17, 15) is 14.9 Å². The second-order valence-electron chi connectivity index (χ2n) is 4.38. The number of carbonyl (C=O) groups is 1. The molecule has 1 fully saturated rings. The fourth-order valence-electron chi connectivity index (χ4n) is 2.12. The Hall–Kier alpha value is -1.89. The fourth-order valence-corrected chi connectivity index (χ4v) is 2.40. The summed E-state index contributed by atoms with van der Waals surface area (Å²) < 4.78 is 0. The summed E-state index contributed by atoms with van der Waals surface area (Å²) in [7, 11) is 0. The lowest BCUT2D eigenvalue weighted by molar-refractivity contribution is -0.385. The van der Waals surface area contributed by atoms with Crippen LogP contribution in [0.25, 0.3) is 0 Å². The van der Waals surface area contributed by atoms with Gasteiger partial charge in [-0.15, -0.1) is 0 Å². The van der Waals surface area contributed by atoms with Gasteiger partial charge in [-0.05, 0) is 12.8 Å². The first-order valence-corrected chi connectivity index (χ1v) is 6.14. The van der Waals surface area contributed by atoms with Gasteiger partial charge in [-0.1, -0.05) is 11.6 Å². The molecule has 0 amide bonds. The zero-order valence-corrected chi connectivity index (χ0v) is 10.7. The van der Waals surface area contributed by atoms with Crippen LogP contribution in [0, 0.1) is 16.0 Å². The van der Waals surface area contributed by atoms with Crippen LogP contribution in [0.5, 0.6) is 0 Å². The first-order valence-electron chi connectivity index (χ1n) is 5.76. The molecule has 1 aromatic rings. The molecular formula is C11H12ClN3O4. The molecule has 0 aromatic carbocycles. The molecule has 0 radical (unpaired) electrons. The number of carboxylic acids is 1. The summed E-state index contributed by atoms with van der Waals surface area (Å²) in [5.41, 5.74) is -0.180. The normalized spacial score (nSPS) is 19.2. The standard InChI is InChI=1S/C11H12ClN3O4/c12-9-4-8(15(18)19)5-13-10(9)14-3-1-2-7(6-14)11(16)17/h4-5,7H,1-3,6H2,(H,16,17). The van der Waals surface area contributed by atoms with Crippen LogP contribution in [0.4, 0.5) is 11.5 Å². The minimum atomic E-state index is -0.845. The molecule has 2 rings (SSSR count). The van der Waals surface area contributed by atoms with E-state index in [1.807, 2.05) is 0 Å². The monoisotopic (exact) mass is 285 g/mol. The van der Waals surface area contributed by atoms with Gasteiger partial charge in [-0.2, -0.15) is 0 Å². The molecule has 1 N–H and O–H groups in total. The molecule has 19 heavy (non-hydrogen) atoms. The first-order chi connectivity index (χ1) is 8.99. The molecule has 0 aliphatic carbocycles. The van der Waals surface area contributed by atoms with Crippen molar-refractivity contribution < 1.29 is 14.8 Å². The molecule has 1 aliphatic rings. The van der Waals surface area contributed by atoms with Crippen molar-refractivity contribution in [3.05, 3.63) is 27.4 Å². The zero-order valence-electron chi connectivity index (χ0n) is 9.95. The van der Waals surface area contributed by atoms with Crippen molar-refractivity contribution in [2.75, 3.05) is 18.0 Å². The minimum absolute atomic E-state index is 0.167. The van der Waals surface area contributed by atoms with Crippen LogP contribution in [-0.2, 0) is 4.79 Å². The molecule has 0 saturated carbocycles. The number of carboxylic acid groups (broad SMARTS) is 1. The molecule has 1 saturated heterocycles. The van der Waals surface area contributed by atoms with Gasteiger partial charge in [-0.3, -0.25) is 14.9 Å². The molecule has 1 aliphatic heterocycles. The van der Waals surface area contributed by atoms with E-state index in [0.29, 0.717) is 25.3 Å². The summed E-state index contributed by atoms with van der Waals surface area (Å²) in [6, 6.07) is 1.23. The average molecular weight is 286 g/mol. The maximum atomic E-state index is 11.0. The van der Waals surface area contributed by atoms with Gasteiger partial charge in [0.05, 0.1) is 15.9 Å². The number of aliphatic carboxylic acids is 1. The van der Waals surface area contributed by atoms with Crippen LogP contribution in [0.1, 0.15) is 12.8 Å².